The van der Waals surface area contributed by atoms with Crippen molar-refractivity contribution in [1.29, 1.82) is 0 Å². The van der Waals surface area contributed by atoms with Crippen LogP contribution in [-0.4, -0.2) is 36.7 Å². The Labute approximate surface area is 101 Å². The first kappa shape index (κ1) is 13.9. The Bertz CT molecular complexity index is 379. The number of carbonyl (C=O) groups excluding carboxylic acids is 1. The van der Waals surface area contributed by atoms with Gasteiger partial charge in [0.1, 0.15) is 6.29 Å². The molecule has 0 bridgehead atoms. The van der Waals surface area contributed by atoms with Crippen LogP contribution in [0.4, 0.5) is 0 Å². The highest BCUT2D eigenvalue weighted by atomic mass is 16.5. The first-order valence-corrected chi connectivity index (χ1v) is 5.45. The maximum Gasteiger partial charge on any atom is 0.491 e. The standard InChI is InChI=1S/C12H17BO4/c1-12(2,8-15)9-17-13(16)11-6-4-3-5-10(11)7-14/h3-7,15-16H,8-9H2,1-2H3. The summed E-state index contributed by atoms with van der Waals surface area (Å²) in [7, 11) is -1.15. The van der Waals surface area contributed by atoms with Gasteiger partial charge in [0.15, 0.2) is 0 Å². The molecule has 0 saturated heterocycles. The monoisotopic (exact) mass is 236 g/mol. The van der Waals surface area contributed by atoms with E-state index in [0.717, 1.165) is 0 Å². The van der Waals surface area contributed by atoms with Crippen LogP contribution >= 0.6 is 0 Å². The lowest BCUT2D eigenvalue weighted by Gasteiger charge is -2.22. The molecule has 0 aliphatic heterocycles. The van der Waals surface area contributed by atoms with Gasteiger partial charge in [-0.25, -0.2) is 0 Å². The lowest BCUT2D eigenvalue weighted by molar-refractivity contribution is 0.0885. The van der Waals surface area contributed by atoms with Crippen molar-refractivity contribution in [2.75, 3.05) is 13.2 Å². The average Bonchev–Trinajstić information content (AvgIpc) is 2.36. The smallest absolute Gasteiger partial charge is 0.423 e. The van der Waals surface area contributed by atoms with Gasteiger partial charge < -0.3 is 14.8 Å². The fraction of sp³-hybridized carbons (Fsp3) is 0.417. The lowest BCUT2D eigenvalue weighted by atomic mass is 9.76. The zero-order valence-corrected chi connectivity index (χ0v) is 10.1. The third-order valence-corrected chi connectivity index (χ3v) is 2.45. The van der Waals surface area contributed by atoms with Crippen molar-refractivity contribution in [3.8, 4) is 0 Å². The summed E-state index contributed by atoms with van der Waals surface area (Å²) >= 11 is 0. The summed E-state index contributed by atoms with van der Waals surface area (Å²) in [4.78, 5) is 10.8. The predicted molar refractivity (Wildman–Crippen MR) is 66.3 cm³/mol. The molecule has 0 aliphatic rings. The molecule has 2 N–H and O–H groups in total. The molecule has 0 atom stereocenters. The Hall–Kier alpha value is -1.17. The summed E-state index contributed by atoms with van der Waals surface area (Å²) in [5, 5.41) is 18.9. The second-order valence-electron chi connectivity index (χ2n) is 4.73. The molecule has 5 heteroatoms. The molecular weight excluding hydrogens is 219 g/mol. The summed E-state index contributed by atoms with van der Waals surface area (Å²) in [5.41, 5.74) is 0.426. The van der Waals surface area contributed by atoms with Gasteiger partial charge in [0.2, 0.25) is 0 Å². The van der Waals surface area contributed by atoms with Crippen molar-refractivity contribution in [3.63, 3.8) is 0 Å². The minimum atomic E-state index is -1.15. The second-order valence-corrected chi connectivity index (χ2v) is 4.73. The van der Waals surface area contributed by atoms with Gasteiger partial charge in [-0.2, -0.15) is 0 Å². The van der Waals surface area contributed by atoms with Crippen LogP contribution in [0.25, 0.3) is 0 Å². The molecule has 4 nitrogen and oxygen atoms in total. The molecule has 0 fully saturated rings. The number of rotatable bonds is 6. The maximum absolute atomic E-state index is 10.8. The summed E-state index contributed by atoms with van der Waals surface area (Å²) in [5.74, 6) is 0. The number of hydrogen-bond acceptors (Lipinski definition) is 4. The summed E-state index contributed by atoms with van der Waals surface area (Å²) in [6, 6.07) is 6.70. The van der Waals surface area contributed by atoms with Crippen LogP contribution in [0.2, 0.25) is 0 Å². The Kier molecular flexibility index (Phi) is 4.87. The molecule has 0 radical (unpaired) electrons. The zero-order chi connectivity index (χ0) is 12.9. The third-order valence-electron chi connectivity index (χ3n) is 2.45. The Balaban J connectivity index is 2.70. The summed E-state index contributed by atoms with van der Waals surface area (Å²) < 4.78 is 5.26. The van der Waals surface area contributed by atoms with E-state index < -0.39 is 12.5 Å². The molecular formula is C12H17BO4. The number of carbonyl (C=O) groups is 1. The largest absolute Gasteiger partial charge is 0.491 e. The van der Waals surface area contributed by atoms with Crippen LogP contribution in [0.3, 0.4) is 0 Å². The Morgan fingerprint density at radius 3 is 2.65 bits per heavy atom. The summed E-state index contributed by atoms with van der Waals surface area (Å²) in [6.45, 7) is 3.82. The molecule has 1 aromatic rings. The van der Waals surface area contributed by atoms with Crippen LogP contribution in [0.5, 0.6) is 0 Å². The molecule has 0 spiro atoms. The van der Waals surface area contributed by atoms with E-state index in [2.05, 4.69) is 0 Å². The van der Waals surface area contributed by atoms with Crippen LogP contribution in [0.1, 0.15) is 24.2 Å². The van der Waals surface area contributed by atoms with Gasteiger partial charge in [-0.15, -0.1) is 0 Å². The number of aliphatic hydroxyl groups is 1. The van der Waals surface area contributed by atoms with Crippen molar-refractivity contribution in [2.45, 2.75) is 13.8 Å². The predicted octanol–water partition coefficient (Wildman–Crippen LogP) is 0.222. The number of hydrogen-bond donors (Lipinski definition) is 2. The first-order chi connectivity index (χ1) is 8.00. The highest BCUT2D eigenvalue weighted by molar-refractivity contribution is 6.61. The Morgan fingerprint density at radius 2 is 2.06 bits per heavy atom. The molecule has 0 aromatic heterocycles. The lowest BCUT2D eigenvalue weighted by Crippen LogP contribution is -2.39. The van der Waals surface area contributed by atoms with Crippen molar-refractivity contribution in [2.24, 2.45) is 5.41 Å². The number of aliphatic hydroxyl groups excluding tert-OH is 1. The fourth-order valence-electron chi connectivity index (χ4n) is 1.28. The third kappa shape index (κ3) is 3.96. The van der Waals surface area contributed by atoms with E-state index in [4.69, 9.17) is 9.76 Å². The number of aldehydes is 1. The quantitative estimate of drug-likeness (QED) is 0.547. The van der Waals surface area contributed by atoms with Crippen LogP contribution in [-0.2, 0) is 4.65 Å². The van der Waals surface area contributed by atoms with Gasteiger partial charge >= 0.3 is 7.12 Å². The summed E-state index contributed by atoms with van der Waals surface area (Å²) in [6.07, 6.45) is 0.680. The van der Waals surface area contributed by atoms with Crippen molar-refractivity contribution in [1.82, 2.24) is 0 Å². The molecule has 0 unspecified atom stereocenters. The average molecular weight is 236 g/mol. The van der Waals surface area contributed by atoms with Crippen LogP contribution in [0, 0.1) is 5.41 Å². The van der Waals surface area contributed by atoms with Gasteiger partial charge in [0.05, 0.1) is 6.61 Å². The van der Waals surface area contributed by atoms with Gasteiger partial charge in [-0.3, -0.25) is 4.79 Å². The second kappa shape index (κ2) is 5.96. The minimum Gasteiger partial charge on any atom is -0.423 e. The van der Waals surface area contributed by atoms with E-state index in [-0.39, 0.29) is 13.2 Å². The molecule has 0 heterocycles. The zero-order valence-electron chi connectivity index (χ0n) is 10.1. The van der Waals surface area contributed by atoms with E-state index in [0.29, 0.717) is 17.3 Å². The Morgan fingerprint density at radius 1 is 1.41 bits per heavy atom. The van der Waals surface area contributed by atoms with Gasteiger partial charge in [-0.05, 0) is 5.46 Å². The van der Waals surface area contributed by atoms with Crippen LogP contribution < -0.4 is 5.46 Å². The van der Waals surface area contributed by atoms with Gasteiger partial charge in [0, 0.05) is 17.6 Å². The number of benzene rings is 1. The molecule has 92 valence electrons. The van der Waals surface area contributed by atoms with E-state index in [1.807, 2.05) is 13.8 Å². The van der Waals surface area contributed by atoms with Gasteiger partial charge in [0.25, 0.3) is 0 Å². The van der Waals surface area contributed by atoms with E-state index >= 15 is 0 Å². The normalized spacial score (nSPS) is 11.3. The van der Waals surface area contributed by atoms with Crippen molar-refractivity contribution >= 4 is 18.9 Å². The molecule has 1 rings (SSSR count). The van der Waals surface area contributed by atoms with Crippen LogP contribution in [0.15, 0.2) is 24.3 Å². The highest BCUT2D eigenvalue weighted by Crippen LogP contribution is 2.13. The SMILES string of the molecule is CC(C)(CO)COB(O)c1ccccc1C=O. The minimum absolute atomic E-state index is 0.0327. The molecule has 17 heavy (non-hydrogen) atoms. The van der Waals surface area contributed by atoms with E-state index in [9.17, 15) is 9.82 Å². The maximum atomic E-state index is 10.8. The molecule has 0 amide bonds. The first-order valence-electron chi connectivity index (χ1n) is 5.45. The van der Waals surface area contributed by atoms with Gasteiger partial charge in [-0.1, -0.05) is 38.1 Å². The van der Waals surface area contributed by atoms with E-state index in [1.165, 1.54) is 0 Å². The molecule has 0 saturated carbocycles. The van der Waals surface area contributed by atoms with Crippen molar-refractivity contribution < 1.29 is 19.6 Å². The fourth-order valence-corrected chi connectivity index (χ4v) is 1.28. The topological polar surface area (TPSA) is 66.8 Å². The molecule has 0 aliphatic carbocycles. The highest BCUT2D eigenvalue weighted by Gasteiger charge is 2.24. The van der Waals surface area contributed by atoms with E-state index in [1.54, 1.807) is 24.3 Å². The molecule has 1 aromatic carbocycles. The van der Waals surface area contributed by atoms with Crippen molar-refractivity contribution in [3.05, 3.63) is 29.8 Å².